The van der Waals surface area contributed by atoms with Crippen LogP contribution < -0.4 is 20.3 Å². The van der Waals surface area contributed by atoms with Crippen LogP contribution in [-0.4, -0.2) is 33.1 Å². The maximum absolute atomic E-state index is 9.49. The van der Waals surface area contributed by atoms with Crippen molar-refractivity contribution in [3.63, 3.8) is 0 Å². The van der Waals surface area contributed by atoms with E-state index in [1.54, 1.807) is 29.2 Å². The molecule has 3 N–H and O–H groups in total. The van der Waals surface area contributed by atoms with E-state index in [0.29, 0.717) is 35.8 Å². The van der Waals surface area contributed by atoms with Crippen molar-refractivity contribution in [2.45, 2.75) is 0 Å². The molecule has 1 aliphatic rings. The Kier molecular flexibility index (Phi) is 5.23. The molecular weight excluding hydrogens is 382 g/mol. The number of anilines is 1. The van der Waals surface area contributed by atoms with Gasteiger partial charge in [0.2, 0.25) is 5.88 Å². The van der Waals surface area contributed by atoms with Crippen LogP contribution in [0.5, 0.6) is 17.4 Å². The van der Waals surface area contributed by atoms with Gasteiger partial charge in [0.05, 0.1) is 23.3 Å². The number of allylic oxidation sites excluding steroid dienone is 3. The minimum absolute atomic E-state index is 0.108. The largest absolute Gasteiger partial charge is 0.493 e. The highest BCUT2D eigenvalue weighted by atomic mass is 16.6. The Hall–Kier alpha value is -4.04. The third-order valence-electron chi connectivity index (χ3n) is 4.57. The van der Waals surface area contributed by atoms with Gasteiger partial charge in [0, 0.05) is 24.5 Å². The number of benzene rings is 1. The molecule has 0 saturated carbocycles. The fourth-order valence-corrected chi connectivity index (χ4v) is 2.99. The summed E-state index contributed by atoms with van der Waals surface area (Å²) in [7, 11) is 0. The Labute approximate surface area is 173 Å². The third-order valence-corrected chi connectivity index (χ3v) is 4.57. The molecule has 152 valence electrons. The summed E-state index contributed by atoms with van der Waals surface area (Å²) in [5.74, 6) is 7.30. The highest BCUT2D eigenvalue weighted by Crippen LogP contribution is 2.33. The van der Waals surface area contributed by atoms with Crippen molar-refractivity contribution in [3.05, 3.63) is 85.5 Å². The van der Waals surface area contributed by atoms with E-state index in [4.69, 9.17) is 15.3 Å². The molecule has 1 aliphatic heterocycles. The molecule has 0 amide bonds. The van der Waals surface area contributed by atoms with Gasteiger partial charge in [0.25, 0.3) is 0 Å². The summed E-state index contributed by atoms with van der Waals surface area (Å²) in [5, 5.41) is 15.3. The molecule has 0 unspecified atom stereocenters. The van der Waals surface area contributed by atoms with Crippen molar-refractivity contribution >= 4 is 11.3 Å². The minimum atomic E-state index is -0.108. The average Bonchev–Trinajstić information content (AvgIpc) is 3.26. The molecule has 0 fully saturated rings. The van der Waals surface area contributed by atoms with Crippen LogP contribution in [0.3, 0.4) is 0 Å². The summed E-state index contributed by atoms with van der Waals surface area (Å²) in [5.41, 5.74) is 3.53. The van der Waals surface area contributed by atoms with Crippen LogP contribution in [-0.2, 0) is 0 Å². The quantitative estimate of drug-likeness (QED) is 0.370. The number of fused-ring (bicyclic) bond motifs is 1. The van der Waals surface area contributed by atoms with Crippen LogP contribution in [0.4, 0.5) is 5.69 Å². The zero-order chi connectivity index (χ0) is 21.1. The second-order valence-electron chi connectivity index (χ2n) is 6.56. The van der Waals surface area contributed by atoms with E-state index in [9.17, 15) is 5.11 Å². The smallest absolute Gasteiger partial charge is 0.212 e. The first-order chi connectivity index (χ1) is 14.5. The van der Waals surface area contributed by atoms with Crippen molar-refractivity contribution in [2.24, 2.45) is 5.84 Å². The molecule has 3 heterocycles. The second kappa shape index (κ2) is 8.14. The standard InChI is InChI=1S/C22H21N5O3/c1-15(7-10-26(23)17-5-8-24-22(28)14-17)16(2)19-6-9-25-27(19)18-3-4-20-21(13-18)30-12-11-29-20/h3-10,13-14H,1-2,11-12,23H2,(H,24,28)/b10-7-. The lowest BCUT2D eigenvalue weighted by Crippen LogP contribution is -2.24. The van der Waals surface area contributed by atoms with E-state index in [1.165, 1.54) is 17.3 Å². The highest BCUT2D eigenvalue weighted by Gasteiger charge is 2.15. The predicted octanol–water partition coefficient (Wildman–Crippen LogP) is 3.21. The molecule has 0 bridgehead atoms. The van der Waals surface area contributed by atoms with Crippen molar-refractivity contribution in [3.8, 4) is 23.1 Å². The van der Waals surface area contributed by atoms with Crippen molar-refractivity contribution in [1.29, 1.82) is 0 Å². The number of aromatic nitrogens is 3. The van der Waals surface area contributed by atoms with Gasteiger partial charge in [0.1, 0.15) is 13.2 Å². The van der Waals surface area contributed by atoms with Crippen molar-refractivity contribution < 1.29 is 14.6 Å². The molecule has 0 saturated heterocycles. The number of hydrogen-bond donors (Lipinski definition) is 2. The Bertz CT molecular complexity index is 1140. The molecule has 4 rings (SSSR count). The SMILES string of the molecule is C=C(/C=C\N(N)c1ccnc(O)c1)C(=C)c1ccnn1-c1ccc2c(c1)OCCO2. The molecule has 0 aliphatic carbocycles. The van der Waals surface area contributed by atoms with Gasteiger partial charge in [-0.25, -0.2) is 15.5 Å². The summed E-state index contributed by atoms with van der Waals surface area (Å²) in [6.07, 6.45) is 6.54. The Balaban J connectivity index is 1.53. The van der Waals surface area contributed by atoms with E-state index in [-0.39, 0.29) is 5.88 Å². The Morgan fingerprint density at radius 1 is 1.10 bits per heavy atom. The van der Waals surface area contributed by atoms with Crippen LogP contribution in [0, 0.1) is 0 Å². The van der Waals surface area contributed by atoms with Gasteiger partial charge < -0.3 is 14.6 Å². The average molecular weight is 403 g/mol. The zero-order valence-electron chi connectivity index (χ0n) is 16.2. The highest BCUT2D eigenvalue weighted by molar-refractivity contribution is 5.78. The molecule has 8 heteroatoms. The molecular formula is C22H21N5O3. The Morgan fingerprint density at radius 3 is 2.70 bits per heavy atom. The molecule has 3 aromatic rings. The van der Waals surface area contributed by atoms with Gasteiger partial charge >= 0.3 is 0 Å². The number of nitrogens with zero attached hydrogens (tertiary/aromatic N) is 4. The van der Waals surface area contributed by atoms with Crippen LogP contribution in [0.25, 0.3) is 11.3 Å². The topological polar surface area (TPSA) is 98.7 Å². The predicted molar refractivity (Wildman–Crippen MR) is 114 cm³/mol. The number of ether oxygens (including phenoxy) is 2. The molecule has 30 heavy (non-hydrogen) atoms. The first-order valence-corrected chi connectivity index (χ1v) is 9.22. The van der Waals surface area contributed by atoms with E-state index < -0.39 is 0 Å². The van der Waals surface area contributed by atoms with Crippen LogP contribution in [0.2, 0.25) is 0 Å². The van der Waals surface area contributed by atoms with Gasteiger partial charge in [-0.2, -0.15) is 5.10 Å². The normalized spacial score (nSPS) is 12.7. The third kappa shape index (κ3) is 3.89. The molecule has 0 radical (unpaired) electrons. The van der Waals surface area contributed by atoms with E-state index in [1.807, 2.05) is 24.3 Å². The lowest BCUT2D eigenvalue weighted by atomic mass is 10.1. The number of aromatic hydroxyl groups is 1. The zero-order valence-corrected chi connectivity index (χ0v) is 16.2. The number of hydrazine groups is 1. The molecule has 0 atom stereocenters. The molecule has 8 nitrogen and oxygen atoms in total. The number of nitrogens with two attached hydrogens (primary N) is 1. The summed E-state index contributed by atoms with van der Waals surface area (Å²) >= 11 is 0. The fraction of sp³-hybridized carbons (Fsp3) is 0.0909. The van der Waals surface area contributed by atoms with Gasteiger partial charge in [-0.15, -0.1) is 0 Å². The lowest BCUT2D eigenvalue weighted by Gasteiger charge is -2.19. The summed E-state index contributed by atoms with van der Waals surface area (Å²) in [4.78, 5) is 3.74. The van der Waals surface area contributed by atoms with Crippen molar-refractivity contribution in [1.82, 2.24) is 14.8 Å². The fourth-order valence-electron chi connectivity index (χ4n) is 2.99. The monoisotopic (exact) mass is 403 g/mol. The van der Waals surface area contributed by atoms with Gasteiger partial charge in [-0.1, -0.05) is 13.2 Å². The van der Waals surface area contributed by atoms with Crippen LogP contribution in [0.15, 0.2) is 79.8 Å². The molecule has 1 aromatic carbocycles. The summed E-state index contributed by atoms with van der Waals surface area (Å²) in [6, 6.07) is 10.7. The molecule has 2 aromatic heterocycles. The second-order valence-corrected chi connectivity index (χ2v) is 6.56. The maximum atomic E-state index is 9.49. The van der Waals surface area contributed by atoms with Gasteiger partial charge in [0.15, 0.2) is 11.5 Å². The Morgan fingerprint density at radius 2 is 1.90 bits per heavy atom. The van der Waals surface area contributed by atoms with Crippen molar-refractivity contribution in [2.75, 3.05) is 18.2 Å². The number of hydrogen-bond acceptors (Lipinski definition) is 7. The van der Waals surface area contributed by atoms with Crippen LogP contribution >= 0.6 is 0 Å². The van der Waals surface area contributed by atoms with Gasteiger partial charge in [-0.05, 0) is 41.5 Å². The summed E-state index contributed by atoms with van der Waals surface area (Å²) < 4.78 is 13.0. The number of pyridine rings is 1. The lowest BCUT2D eigenvalue weighted by molar-refractivity contribution is 0.171. The molecule has 0 spiro atoms. The maximum Gasteiger partial charge on any atom is 0.212 e. The summed E-state index contributed by atoms with van der Waals surface area (Å²) in [6.45, 7) is 9.30. The number of rotatable bonds is 6. The van der Waals surface area contributed by atoms with Gasteiger partial charge in [-0.3, -0.25) is 5.01 Å². The first kappa shape index (κ1) is 19.3. The van der Waals surface area contributed by atoms with E-state index >= 15 is 0 Å². The van der Waals surface area contributed by atoms with E-state index in [2.05, 4.69) is 23.2 Å². The minimum Gasteiger partial charge on any atom is -0.493 e. The first-order valence-electron chi connectivity index (χ1n) is 9.22. The van der Waals surface area contributed by atoms with E-state index in [0.717, 1.165) is 17.1 Å². The van der Waals surface area contributed by atoms with Crippen LogP contribution in [0.1, 0.15) is 5.69 Å².